The fourth-order valence-corrected chi connectivity index (χ4v) is 3.61. The summed E-state index contributed by atoms with van der Waals surface area (Å²) in [7, 11) is 1.34. The van der Waals surface area contributed by atoms with Crippen LogP contribution in [-0.4, -0.2) is 33.6 Å². The molecular formula is C17H16N4O3S2. The van der Waals surface area contributed by atoms with Crippen LogP contribution in [0.15, 0.2) is 29.6 Å². The summed E-state index contributed by atoms with van der Waals surface area (Å²) in [6.45, 7) is 2.03. The average Bonchev–Trinajstić information content (AvgIpc) is 3.31. The van der Waals surface area contributed by atoms with E-state index >= 15 is 0 Å². The lowest BCUT2D eigenvalue weighted by atomic mass is 10.1. The van der Waals surface area contributed by atoms with Crippen LogP contribution in [0.4, 0.5) is 5.13 Å². The van der Waals surface area contributed by atoms with Crippen LogP contribution in [0, 0.1) is 0 Å². The van der Waals surface area contributed by atoms with E-state index in [1.807, 2.05) is 12.3 Å². The molecule has 0 saturated heterocycles. The van der Waals surface area contributed by atoms with Gasteiger partial charge in [0.1, 0.15) is 4.88 Å². The SMILES string of the molecule is CCCc1nnsc1C(=O)Nc1nc(-c2ccc(C(=O)OC)cc2)cs1. The molecule has 1 aromatic carbocycles. The molecule has 2 heterocycles. The molecule has 2 aromatic heterocycles. The first-order chi connectivity index (χ1) is 12.6. The highest BCUT2D eigenvalue weighted by molar-refractivity contribution is 7.14. The Morgan fingerprint density at radius 2 is 2.00 bits per heavy atom. The molecule has 0 aliphatic carbocycles. The van der Waals surface area contributed by atoms with E-state index < -0.39 is 0 Å². The highest BCUT2D eigenvalue weighted by Gasteiger charge is 2.17. The van der Waals surface area contributed by atoms with Crippen molar-refractivity contribution in [1.82, 2.24) is 14.6 Å². The van der Waals surface area contributed by atoms with E-state index in [9.17, 15) is 9.59 Å². The van der Waals surface area contributed by atoms with Gasteiger partial charge in [0.2, 0.25) is 0 Å². The second-order valence-corrected chi connectivity index (χ2v) is 6.97. The van der Waals surface area contributed by atoms with Crippen LogP contribution >= 0.6 is 22.9 Å². The summed E-state index contributed by atoms with van der Waals surface area (Å²) in [5.74, 6) is -0.630. The maximum Gasteiger partial charge on any atom is 0.337 e. The summed E-state index contributed by atoms with van der Waals surface area (Å²) >= 11 is 2.42. The van der Waals surface area contributed by atoms with E-state index in [0.717, 1.165) is 35.6 Å². The van der Waals surface area contributed by atoms with Crippen molar-refractivity contribution in [3.8, 4) is 11.3 Å². The lowest BCUT2D eigenvalue weighted by molar-refractivity contribution is 0.0600. The number of aromatic nitrogens is 3. The summed E-state index contributed by atoms with van der Waals surface area (Å²) in [6.07, 6.45) is 1.61. The average molecular weight is 388 g/mol. The first-order valence-corrected chi connectivity index (χ1v) is 9.54. The van der Waals surface area contributed by atoms with Crippen molar-refractivity contribution in [2.45, 2.75) is 19.8 Å². The highest BCUT2D eigenvalue weighted by atomic mass is 32.1. The molecule has 0 radical (unpaired) electrons. The summed E-state index contributed by atoms with van der Waals surface area (Å²) in [6, 6.07) is 6.94. The van der Waals surface area contributed by atoms with Crippen molar-refractivity contribution < 1.29 is 14.3 Å². The van der Waals surface area contributed by atoms with Gasteiger partial charge >= 0.3 is 5.97 Å². The third-order valence-electron chi connectivity index (χ3n) is 3.58. The van der Waals surface area contributed by atoms with Crippen LogP contribution in [0.1, 0.15) is 39.1 Å². The Bertz CT molecular complexity index is 918. The van der Waals surface area contributed by atoms with Gasteiger partial charge < -0.3 is 4.74 Å². The number of carbonyl (C=O) groups is 2. The molecule has 1 amide bonds. The first kappa shape index (κ1) is 18.2. The fraction of sp³-hybridized carbons (Fsp3) is 0.235. The zero-order chi connectivity index (χ0) is 18.5. The van der Waals surface area contributed by atoms with E-state index in [0.29, 0.717) is 21.3 Å². The number of thiazole rings is 1. The quantitative estimate of drug-likeness (QED) is 0.648. The Hall–Kier alpha value is -2.65. The number of hydrogen-bond donors (Lipinski definition) is 1. The van der Waals surface area contributed by atoms with Crippen molar-refractivity contribution in [2.75, 3.05) is 12.4 Å². The monoisotopic (exact) mass is 388 g/mol. The molecule has 3 rings (SSSR count). The molecule has 0 fully saturated rings. The zero-order valence-corrected chi connectivity index (χ0v) is 15.8. The number of esters is 1. The molecule has 0 atom stereocenters. The van der Waals surface area contributed by atoms with Gasteiger partial charge in [-0.25, -0.2) is 9.78 Å². The third kappa shape index (κ3) is 3.94. The molecule has 0 aliphatic heterocycles. The number of benzene rings is 1. The van der Waals surface area contributed by atoms with Gasteiger partial charge in [0.25, 0.3) is 5.91 Å². The molecule has 1 N–H and O–H groups in total. The number of aryl methyl sites for hydroxylation is 1. The number of carbonyl (C=O) groups excluding carboxylic acids is 2. The number of methoxy groups -OCH3 is 1. The molecular weight excluding hydrogens is 372 g/mol. The van der Waals surface area contributed by atoms with Crippen LogP contribution in [0.2, 0.25) is 0 Å². The second kappa shape index (κ2) is 8.15. The summed E-state index contributed by atoms with van der Waals surface area (Å²) in [4.78, 5) is 28.8. The zero-order valence-electron chi connectivity index (χ0n) is 14.2. The van der Waals surface area contributed by atoms with Crippen molar-refractivity contribution in [3.05, 3.63) is 45.8 Å². The third-order valence-corrected chi connectivity index (χ3v) is 5.10. The maximum absolute atomic E-state index is 12.4. The number of ether oxygens (including phenoxy) is 1. The molecule has 0 saturated carbocycles. The van der Waals surface area contributed by atoms with E-state index in [4.69, 9.17) is 0 Å². The molecule has 7 nitrogen and oxygen atoms in total. The van der Waals surface area contributed by atoms with Gasteiger partial charge in [0.05, 0.1) is 24.1 Å². The lowest BCUT2D eigenvalue weighted by Crippen LogP contribution is -2.12. The number of hydrogen-bond acceptors (Lipinski definition) is 8. The van der Waals surface area contributed by atoms with E-state index in [1.54, 1.807) is 24.3 Å². The van der Waals surface area contributed by atoms with Gasteiger partial charge in [0, 0.05) is 10.9 Å². The second-order valence-electron chi connectivity index (χ2n) is 5.36. The number of amides is 1. The standard InChI is InChI=1S/C17H16N4O3S2/c1-3-4-12-14(26-21-20-12)15(22)19-17-18-13(9-25-17)10-5-7-11(8-6-10)16(23)24-2/h5-9H,3-4H2,1-2H3,(H,18,19,22). The minimum Gasteiger partial charge on any atom is -0.465 e. The highest BCUT2D eigenvalue weighted by Crippen LogP contribution is 2.26. The minimum atomic E-state index is -0.385. The predicted octanol–water partition coefficient (Wildman–Crippen LogP) is 3.65. The van der Waals surface area contributed by atoms with Gasteiger partial charge in [-0.05, 0) is 30.1 Å². The molecule has 26 heavy (non-hydrogen) atoms. The van der Waals surface area contributed by atoms with Gasteiger partial charge in [-0.1, -0.05) is 30.0 Å². The summed E-state index contributed by atoms with van der Waals surface area (Å²) < 4.78 is 8.54. The molecule has 0 bridgehead atoms. The van der Waals surface area contributed by atoms with Gasteiger partial charge in [-0.3, -0.25) is 10.1 Å². The number of nitrogens with zero attached hydrogens (tertiary/aromatic N) is 3. The van der Waals surface area contributed by atoms with Crippen LogP contribution in [0.25, 0.3) is 11.3 Å². The normalized spacial score (nSPS) is 10.5. The van der Waals surface area contributed by atoms with E-state index in [1.165, 1.54) is 18.4 Å². The molecule has 0 spiro atoms. The smallest absolute Gasteiger partial charge is 0.337 e. The minimum absolute atomic E-state index is 0.245. The van der Waals surface area contributed by atoms with Crippen molar-refractivity contribution in [2.24, 2.45) is 0 Å². The summed E-state index contributed by atoms with van der Waals surface area (Å²) in [5.41, 5.74) is 2.75. The van der Waals surface area contributed by atoms with Crippen LogP contribution < -0.4 is 5.32 Å². The fourth-order valence-electron chi connectivity index (χ4n) is 2.29. The first-order valence-electron chi connectivity index (χ1n) is 7.89. The Morgan fingerprint density at radius 3 is 2.69 bits per heavy atom. The number of nitrogens with one attached hydrogen (secondary N) is 1. The largest absolute Gasteiger partial charge is 0.465 e. The topological polar surface area (TPSA) is 94.1 Å². The Labute approximate surface area is 158 Å². The Morgan fingerprint density at radius 1 is 1.23 bits per heavy atom. The number of anilines is 1. The lowest BCUT2D eigenvalue weighted by Gasteiger charge is -2.01. The van der Waals surface area contributed by atoms with Crippen molar-refractivity contribution in [3.63, 3.8) is 0 Å². The Kier molecular flexibility index (Phi) is 5.69. The van der Waals surface area contributed by atoms with E-state index in [2.05, 4.69) is 24.6 Å². The molecule has 0 aliphatic rings. The van der Waals surface area contributed by atoms with Crippen LogP contribution in [0.5, 0.6) is 0 Å². The van der Waals surface area contributed by atoms with Crippen LogP contribution in [-0.2, 0) is 11.2 Å². The van der Waals surface area contributed by atoms with Gasteiger partial charge in [-0.15, -0.1) is 16.4 Å². The molecule has 9 heteroatoms. The maximum atomic E-state index is 12.4. The van der Waals surface area contributed by atoms with Gasteiger partial charge in [0.15, 0.2) is 5.13 Å². The number of rotatable bonds is 6. The Balaban J connectivity index is 1.72. The predicted molar refractivity (Wildman–Crippen MR) is 101 cm³/mol. The molecule has 0 unspecified atom stereocenters. The van der Waals surface area contributed by atoms with Crippen LogP contribution in [0.3, 0.4) is 0 Å². The van der Waals surface area contributed by atoms with Gasteiger partial charge in [-0.2, -0.15) is 0 Å². The van der Waals surface area contributed by atoms with Crippen molar-refractivity contribution >= 4 is 39.9 Å². The molecule has 134 valence electrons. The van der Waals surface area contributed by atoms with E-state index in [-0.39, 0.29) is 11.9 Å². The summed E-state index contributed by atoms with van der Waals surface area (Å²) in [5, 5.41) is 9.15. The van der Waals surface area contributed by atoms with Crippen molar-refractivity contribution in [1.29, 1.82) is 0 Å². The molecule has 3 aromatic rings.